The lowest BCUT2D eigenvalue weighted by atomic mass is 10.3. The van der Waals surface area contributed by atoms with E-state index in [1.807, 2.05) is 27.7 Å². The number of hydrogen-bond donors (Lipinski definition) is 1. The van der Waals surface area contributed by atoms with Gasteiger partial charge in [-0.3, -0.25) is 5.26 Å². The van der Waals surface area contributed by atoms with Gasteiger partial charge in [-0.1, -0.05) is 0 Å². The molecule has 0 aromatic rings. The smallest absolute Gasteiger partial charge is 0.113 e. The normalized spacial score (nSPS) is 18.4. The van der Waals surface area contributed by atoms with E-state index in [1.165, 1.54) is 0 Å². The van der Waals surface area contributed by atoms with Crippen LogP contribution in [0.5, 0.6) is 0 Å². The van der Waals surface area contributed by atoms with Gasteiger partial charge in [-0.25, -0.2) is 4.89 Å². The topological polar surface area (TPSA) is 75.6 Å². The molecule has 140 valence electrons. The van der Waals surface area contributed by atoms with Gasteiger partial charge >= 0.3 is 0 Å². The van der Waals surface area contributed by atoms with Crippen molar-refractivity contribution in [1.82, 2.24) is 0 Å². The number of rotatable bonds is 15. The summed E-state index contributed by atoms with van der Waals surface area (Å²) in [4.78, 5) is 4.14. The van der Waals surface area contributed by atoms with Crippen molar-refractivity contribution in [3.05, 3.63) is 0 Å². The number of ether oxygens (including phenoxy) is 5. The third-order valence-electron chi connectivity index (χ3n) is 3.04. The second-order valence-electron chi connectivity index (χ2n) is 5.95. The molecule has 5 atom stereocenters. The fourth-order valence-electron chi connectivity index (χ4n) is 1.66. The van der Waals surface area contributed by atoms with Crippen LogP contribution >= 0.6 is 0 Å². The lowest BCUT2D eigenvalue weighted by molar-refractivity contribution is -0.284. The predicted molar refractivity (Wildman–Crippen MR) is 86.7 cm³/mol. The van der Waals surface area contributed by atoms with E-state index in [0.29, 0.717) is 33.0 Å². The molecule has 0 aliphatic carbocycles. The van der Waals surface area contributed by atoms with Crippen LogP contribution in [0.3, 0.4) is 0 Å². The maximum Gasteiger partial charge on any atom is 0.113 e. The zero-order valence-corrected chi connectivity index (χ0v) is 15.3. The maximum absolute atomic E-state index is 8.45. The summed E-state index contributed by atoms with van der Waals surface area (Å²) in [5, 5.41) is 8.45. The van der Waals surface area contributed by atoms with Crippen LogP contribution in [-0.4, -0.2) is 75.9 Å². The first-order valence-corrected chi connectivity index (χ1v) is 8.14. The summed E-state index contributed by atoms with van der Waals surface area (Å²) >= 11 is 0. The van der Waals surface area contributed by atoms with Crippen molar-refractivity contribution in [2.24, 2.45) is 0 Å². The van der Waals surface area contributed by atoms with Crippen LogP contribution in [0, 0.1) is 0 Å². The maximum atomic E-state index is 8.45. The van der Waals surface area contributed by atoms with Gasteiger partial charge in [0, 0.05) is 7.11 Å². The largest absolute Gasteiger partial charge is 0.382 e. The van der Waals surface area contributed by atoms with Gasteiger partial charge in [0.05, 0.1) is 57.5 Å². The Kier molecular flexibility index (Phi) is 13.9. The SMILES string of the molecule is COCC(C)OCC(C)OCC(C)OCC(C)OCC(C)OO. The van der Waals surface area contributed by atoms with Gasteiger partial charge in [0.1, 0.15) is 6.10 Å². The molecule has 7 nitrogen and oxygen atoms in total. The predicted octanol–water partition coefficient (Wildman–Crippen LogP) is 2.13. The standard InChI is InChI=1S/C16H34O7/c1-12(7-18-6)19-8-13(2)20-9-14(3)21-10-15(4)22-11-16(5)23-17/h12-17H,7-11H2,1-6H3. The van der Waals surface area contributed by atoms with Crippen LogP contribution in [0.2, 0.25) is 0 Å². The van der Waals surface area contributed by atoms with Crippen LogP contribution in [0.15, 0.2) is 0 Å². The molecule has 0 amide bonds. The van der Waals surface area contributed by atoms with E-state index in [4.69, 9.17) is 28.9 Å². The molecule has 23 heavy (non-hydrogen) atoms. The third kappa shape index (κ3) is 13.8. The Bertz CT molecular complexity index is 265. The number of methoxy groups -OCH3 is 1. The van der Waals surface area contributed by atoms with Crippen LogP contribution < -0.4 is 0 Å². The molecule has 0 aliphatic rings. The summed E-state index contributed by atoms with van der Waals surface area (Å²) < 4.78 is 27.4. The van der Waals surface area contributed by atoms with Crippen LogP contribution in [0.4, 0.5) is 0 Å². The summed E-state index contributed by atoms with van der Waals surface area (Å²) in [6.07, 6.45) is -0.406. The van der Waals surface area contributed by atoms with Crippen molar-refractivity contribution in [2.45, 2.75) is 65.1 Å². The highest BCUT2D eigenvalue weighted by Gasteiger charge is 2.12. The lowest BCUT2D eigenvalue weighted by Gasteiger charge is -2.21. The molecule has 0 radical (unpaired) electrons. The van der Waals surface area contributed by atoms with E-state index in [9.17, 15) is 0 Å². The highest BCUT2D eigenvalue weighted by Crippen LogP contribution is 2.03. The van der Waals surface area contributed by atoms with E-state index in [1.54, 1.807) is 14.0 Å². The Balaban J connectivity index is 3.67. The summed E-state index contributed by atoms with van der Waals surface area (Å²) in [7, 11) is 1.65. The highest BCUT2D eigenvalue weighted by atomic mass is 17.1. The molecule has 0 saturated carbocycles. The lowest BCUT2D eigenvalue weighted by Crippen LogP contribution is -2.29. The summed E-state index contributed by atoms with van der Waals surface area (Å²) in [6.45, 7) is 11.9. The Morgan fingerprint density at radius 1 is 0.565 bits per heavy atom. The molecule has 1 N–H and O–H groups in total. The van der Waals surface area contributed by atoms with E-state index in [0.717, 1.165) is 0 Å². The Labute approximate surface area is 140 Å². The van der Waals surface area contributed by atoms with Crippen molar-refractivity contribution < 1.29 is 33.8 Å². The van der Waals surface area contributed by atoms with Gasteiger partial charge in [-0.15, -0.1) is 0 Å². The average Bonchev–Trinajstić information content (AvgIpc) is 2.54. The summed E-state index contributed by atoms with van der Waals surface area (Å²) in [5.41, 5.74) is 0. The minimum absolute atomic E-state index is 0.00316. The van der Waals surface area contributed by atoms with E-state index in [-0.39, 0.29) is 30.5 Å². The zero-order chi connectivity index (χ0) is 17.7. The van der Waals surface area contributed by atoms with Crippen molar-refractivity contribution in [3.8, 4) is 0 Å². The molecular weight excluding hydrogens is 304 g/mol. The van der Waals surface area contributed by atoms with Crippen molar-refractivity contribution in [1.29, 1.82) is 0 Å². The molecule has 7 heteroatoms. The molecule has 0 aliphatic heterocycles. The Morgan fingerprint density at radius 3 is 1.17 bits per heavy atom. The van der Waals surface area contributed by atoms with Gasteiger partial charge in [0.25, 0.3) is 0 Å². The van der Waals surface area contributed by atoms with E-state index >= 15 is 0 Å². The molecule has 0 rings (SSSR count). The molecule has 0 spiro atoms. The highest BCUT2D eigenvalue weighted by molar-refractivity contribution is 4.57. The summed E-state index contributed by atoms with van der Waals surface area (Å²) in [5.74, 6) is 0. The Hall–Kier alpha value is -0.280. The quantitative estimate of drug-likeness (QED) is 0.362. The van der Waals surface area contributed by atoms with Crippen LogP contribution in [-0.2, 0) is 28.6 Å². The zero-order valence-electron chi connectivity index (χ0n) is 15.3. The minimum atomic E-state index is -0.348. The molecule has 0 heterocycles. The second-order valence-corrected chi connectivity index (χ2v) is 5.95. The fourth-order valence-corrected chi connectivity index (χ4v) is 1.66. The van der Waals surface area contributed by atoms with Gasteiger partial charge in [-0.05, 0) is 34.6 Å². The van der Waals surface area contributed by atoms with Crippen LogP contribution in [0.1, 0.15) is 34.6 Å². The van der Waals surface area contributed by atoms with Gasteiger partial charge in [0.2, 0.25) is 0 Å². The fraction of sp³-hybridized carbons (Fsp3) is 1.00. The van der Waals surface area contributed by atoms with Crippen molar-refractivity contribution in [3.63, 3.8) is 0 Å². The second kappa shape index (κ2) is 14.1. The van der Waals surface area contributed by atoms with Crippen LogP contribution in [0.25, 0.3) is 0 Å². The van der Waals surface area contributed by atoms with Gasteiger partial charge in [0.15, 0.2) is 0 Å². The molecule has 0 bridgehead atoms. The average molecular weight is 338 g/mol. The molecule has 0 fully saturated rings. The first kappa shape index (κ1) is 22.7. The van der Waals surface area contributed by atoms with E-state index < -0.39 is 0 Å². The third-order valence-corrected chi connectivity index (χ3v) is 3.04. The first-order chi connectivity index (χ1) is 10.9. The molecule has 0 aromatic carbocycles. The molecular formula is C16H34O7. The number of hydrogen-bond acceptors (Lipinski definition) is 7. The first-order valence-electron chi connectivity index (χ1n) is 8.14. The molecule has 5 unspecified atom stereocenters. The summed E-state index contributed by atoms with van der Waals surface area (Å²) in [6, 6.07) is 0. The van der Waals surface area contributed by atoms with Crippen molar-refractivity contribution >= 4 is 0 Å². The van der Waals surface area contributed by atoms with Crippen molar-refractivity contribution in [2.75, 3.05) is 40.1 Å². The monoisotopic (exact) mass is 338 g/mol. The molecule has 0 aromatic heterocycles. The van der Waals surface area contributed by atoms with Gasteiger partial charge < -0.3 is 23.7 Å². The minimum Gasteiger partial charge on any atom is -0.382 e. The van der Waals surface area contributed by atoms with E-state index in [2.05, 4.69) is 4.89 Å². The van der Waals surface area contributed by atoms with Gasteiger partial charge in [-0.2, -0.15) is 0 Å². The molecule has 0 saturated heterocycles. The Morgan fingerprint density at radius 2 is 0.870 bits per heavy atom.